The highest BCUT2D eigenvalue weighted by atomic mass is 32.1. The Morgan fingerprint density at radius 2 is 1.73 bits per heavy atom. The van der Waals surface area contributed by atoms with Gasteiger partial charge in [-0.15, -0.1) is 11.3 Å². The van der Waals surface area contributed by atoms with Gasteiger partial charge in [0.1, 0.15) is 5.65 Å². The van der Waals surface area contributed by atoms with Crippen LogP contribution in [-0.4, -0.2) is 63.0 Å². The quantitative estimate of drug-likeness (QED) is 0.479. The van der Waals surface area contributed by atoms with Gasteiger partial charge in [-0.1, -0.05) is 12.8 Å². The average Bonchev–Trinajstić information content (AvgIpc) is 3.60. The zero-order valence-corrected chi connectivity index (χ0v) is 21.3. The third-order valence-electron chi connectivity index (χ3n) is 8.34. The van der Waals surface area contributed by atoms with Crippen LogP contribution in [0.4, 0.5) is 0 Å². The highest BCUT2D eigenvalue weighted by Crippen LogP contribution is 2.39. The first-order valence-electron chi connectivity index (χ1n) is 12.7. The van der Waals surface area contributed by atoms with Crippen LogP contribution in [0.5, 0.6) is 0 Å². The first-order chi connectivity index (χ1) is 16.2. The van der Waals surface area contributed by atoms with Crippen molar-refractivity contribution < 1.29 is 0 Å². The molecule has 5 heterocycles. The zero-order chi connectivity index (χ0) is 22.4. The first kappa shape index (κ1) is 22.1. The smallest absolute Gasteiger partial charge is 0.150 e. The molecule has 7 heteroatoms. The normalized spacial score (nSPS) is 25.9. The van der Waals surface area contributed by atoms with Gasteiger partial charge in [-0.05, 0) is 102 Å². The number of likely N-dealkylation sites (tertiary alicyclic amines) is 2. The maximum atomic E-state index is 5.11. The van der Waals surface area contributed by atoms with E-state index in [0.29, 0.717) is 11.8 Å². The topological polar surface area (TPSA) is 37.2 Å². The molecule has 2 saturated heterocycles. The molecule has 0 bridgehead atoms. The highest BCUT2D eigenvalue weighted by molar-refractivity contribution is 7.78. The molecule has 0 unspecified atom stereocenters. The Balaban J connectivity index is 1.23. The summed E-state index contributed by atoms with van der Waals surface area (Å²) in [6, 6.07) is 3.20. The van der Waals surface area contributed by atoms with Crippen molar-refractivity contribution in [3.8, 4) is 11.3 Å². The summed E-state index contributed by atoms with van der Waals surface area (Å²) in [6.07, 6.45) is 14.6. The number of thiol groups is 1. The lowest BCUT2D eigenvalue weighted by Crippen LogP contribution is -2.35. The summed E-state index contributed by atoms with van der Waals surface area (Å²) in [5.41, 5.74) is 4.60. The monoisotopic (exact) mass is 481 g/mol. The molecule has 3 aromatic rings. The van der Waals surface area contributed by atoms with E-state index >= 15 is 0 Å². The Hall–Kier alpha value is -1.41. The molecular formula is C26H35N5S2. The van der Waals surface area contributed by atoms with E-state index in [1.807, 2.05) is 15.3 Å². The van der Waals surface area contributed by atoms with E-state index in [-0.39, 0.29) is 0 Å². The van der Waals surface area contributed by atoms with Crippen LogP contribution in [0.2, 0.25) is 0 Å². The fourth-order valence-corrected chi connectivity index (χ4v) is 7.54. The highest BCUT2D eigenvalue weighted by Gasteiger charge is 2.29. The van der Waals surface area contributed by atoms with E-state index in [1.54, 1.807) is 0 Å². The average molecular weight is 482 g/mol. The summed E-state index contributed by atoms with van der Waals surface area (Å²) < 4.78 is 1.87. The third-order valence-corrected chi connectivity index (χ3v) is 9.65. The van der Waals surface area contributed by atoms with Gasteiger partial charge in [-0.2, -0.15) is 0 Å². The predicted molar refractivity (Wildman–Crippen MR) is 141 cm³/mol. The minimum Gasteiger partial charge on any atom is -0.306 e. The molecule has 0 spiro atoms. The van der Waals surface area contributed by atoms with Crippen LogP contribution in [0.1, 0.15) is 73.8 Å². The van der Waals surface area contributed by atoms with Crippen molar-refractivity contribution in [2.45, 2.75) is 69.2 Å². The van der Waals surface area contributed by atoms with E-state index in [2.05, 4.69) is 53.5 Å². The van der Waals surface area contributed by atoms with Crippen molar-refractivity contribution in [2.75, 3.05) is 33.2 Å². The molecule has 0 N–H and O–H groups in total. The van der Waals surface area contributed by atoms with Gasteiger partial charge in [0.15, 0.2) is 0 Å². The Bertz CT molecular complexity index is 1100. The summed E-state index contributed by atoms with van der Waals surface area (Å²) in [6.45, 7) is 4.97. The van der Waals surface area contributed by atoms with E-state index in [0.717, 1.165) is 17.4 Å². The number of hydrogen-bond acceptors (Lipinski definition) is 6. The van der Waals surface area contributed by atoms with Crippen LogP contribution in [-0.2, 0) is 0 Å². The molecule has 5 nitrogen and oxygen atoms in total. The second-order valence-corrected chi connectivity index (χ2v) is 11.7. The standard InChI is InChI=1S/C26H35N5S2/c1-29-12-8-19(9-13-29)26-28-24(17-33-26)23-16-31(32)25-22(23)14-20(15-27-25)18-4-6-21(7-5-18)30-10-2-3-11-30/h14-19,21,32H,2-13H2,1H3/t18-,21+. The lowest BCUT2D eigenvalue weighted by molar-refractivity contribution is 0.182. The van der Waals surface area contributed by atoms with Crippen molar-refractivity contribution in [1.29, 1.82) is 0 Å². The molecule has 2 aliphatic heterocycles. The molecule has 0 radical (unpaired) electrons. The van der Waals surface area contributed by atoms with Gasteiger partial charge in [0, 0.05) is 40.7 Å². The summed E-state index contributed by atoms with van der Waals surface area (Å²) in [5, 5.41) is 4.73. The zero-order valence-electron chi connectivity index (χ0n) is 19.6. The molecule has 0 amide bonds. The second-order valence-electron chi connectivity index (χ2n) is 10.4. The van der Waals surface area contributed by atoms with Crippen LogP contribution < -0.4 is 0 Å². The lowest BCUT2D eigenvalue weighted by Gasteiger charge is -2.34. The van der Waals surface area contributed by atoms with Crippen LogP contribution in [0.15, 0.2) is 23.8 Å². The van der Waals surface area contributed by atoms with Crippen LogP contribution in [0.25, 0.3) is 22.3 Å². The van der Waals surface area contributed by atoms with E-state index < -0.39 is 0 Å². The molecule has 0 atom stereocenters. The largest absolute Gasteiger partial charge is 0.306 e. The van der Waals surface area contributed by atoms with E-state index in [4.69, 9.17) is 9.97 Å². The number of fused-ring (bicyclic) bond motifs is 1. The fraction of sp³-hybridized carbons (Fsp3) is 0.615. The summed E-state index contributed by atoms with van der Waals surface area (Å²) >= 11 is 6.51. The Labute approximate surface area is 206 Å². The SMILES string of the molecule is CN1CCC(c2nc(-c3cn(S)c4ncc([C@H]5CC[C@@H](N6CCCC6)CC5)cc34)cs2)CC1. The molecule has 33 heavy (non-hydrogen) atoms. The third kappa shape index (κ3) is 4.38. The lowest BCUT2D eigenvalue weighted by atomic mass is 9.81. The molecule has 3 fully saturated rings. The molecule has 176 valence electrons. The van der Waals surface area contributed by atoms with Gasteiger partial charge in [0.05, 0.1) is 10.7 Å². The van der Waals surface area contributed by atoms with Gasteiger partial charge in [0.2, 0.25) is 0 Å². The molecular weight excluding hydrogens is 446 g/mol. The summed E-state index contributed by atoms with van der Waals surface area (Å²) in [7, 11) is 2.22. The Morgan fingerprint density at radius 1 is 0.970 bits per heavy atom. The first-order valence-corrected chi connectivity index (χ1v) is 14.0. The molecule has 6 rings (SSSR count). The van der Waals surface area contributed by atoms with Gasteiger partial charge in [-0.25, -0.2) is 9.97 Å². The maximum absolute atomic E-state index is 5.11. The molecule has 3 aromatic heterocycles. The van der Waals surface area contributed by atoms with Crippen molar-refractivity contribution in [1.82, 2.24) is 23.7 Å². The number of hydrogen-bond donors (Lipinski definition) is 1. The van der Waals surface area contributed by atoms with E-state index in [9.17, 15) is 0 Å². The van der Waals surface area contributed by atoms with Crippen LogP contribution >= 0.6 is 24.2 Å². The Kier molecular flexibility index (Phi) is 6.24. The van der Waals surface area contributed by atoms with Gasteiger partial charge in [0.25, 0.3) is 0 Å². The van der Waals surface area contributed by atoms with Crippen molar-refractivity contribution in [3.63, 3.8) is 0 Å². The molecule has 1 saturated carbocycles. The van der Waals surface area contributed by atoms with Crippen LogP contribution in [0, 0.1) is 0 Å². The number of aromatic nitrogens is 3. The molecule has 3 aliphatic rings. The number of nitrogens with zero attached hydrogens (tertiary/aromatic N) is 5. The van der Waals surface area contributed by atoms with Crippen molar-refractivity contribution in [2.24, 2.45) is 0 Å². The van der Waals surface area contributed by atoms with Gasteiger partial charge < -0.3 is 9.80 Å². The number of rotatable bonds is 4. The van der Waals surface area contributed by atoms with Crippen molar-refractivity contribution >= 4 is 35.2 Å². The minimum atomic E-state index is 0.601. The fourth-order valence-electron chi connectivity index (χ4n) is 6.27. The minimum absolute atomic E-state index is 0.601. The maximum Gasteiger partial charge on any atom is 0.150 e. The van der Waals surface area contributed by atoms with Crippen molar-refractivity contribution in [3.05, 3.63) is 34.4 Å². The Morgan fingerprint density at radius 3 is 2.48 bits per heavy atom. The number of pyridine rings is 1. The number of piperidine rings is 1. The predicted octanol–water partition coefficient (Wildman–Crippen LogP) is 5.78. The van der Waals surface area contributed by atoms with Gasteiger partial charge in [-0.3, -0.25) is 3.97 Å². The second kappa shape index (κ2) is 9.33. The van der Waals surface area contributed by atoms with Gasteiger partial charge >= 0.3 is 0 Å². The number of thiazole rings is 1. The molecule has 0 aromatic carbocycles. The summed E-state index contributed by atoms with van der Waals surface area (Å²) in [5.74, 6) is 1.23. The van der Waals surface area contributed by atoms with Crippen LogP contribution in [0.3, 0.4) is 0 Å². The molecule has 1 aliphatic carbocycles. The summed E-state index contributed by atoms with van der Waals surface area (Å²) in [4.78, 5) is 15.1. The van der Waals surface area contributed by atoms with E-state index in [1.165, 1.54) is 99.1 Å².